The highest BCUT2D eigenvalue weighted by Crippen LogP contribution is 2.58. The van der Waals surface area contributed by atoms with Crippen molar-refractivity contribution in [1.82, 2.24) is 5.32 Å². The van der Waals surface area contributed by atoms with Crippen molar-refractivity contribution in [3.05, 3.63) is 12.7 Å². The average molecular weight is 253 g/mol. The molecule has 0 atom stereocenters. The second-order valence-corrected chi connectivity index (χ2v) is 5.46. The Kier molecular flexibility index (Phi) is 3.32. The highest BCUT2D eigenvalue weighted by Gasteiger charge is 2.60. The topological polar surface area (TPSA) is 75.6 Å². The molecule has 2 N–H and O–H groups in total. The summed E-state index contributed by atoms with van der Waals surface area (Å²) in [6.45, 7) is 3.52. The second-order valence-electron chi connectivity index (χ2n) is 5.46. The number of carbonyl (C=O) groups is 2. The van der Waals surface area contributed by atoms with Gasteiger partial charge in [-0.3, -0.25) is 0 Å². The van der Waals surface area contributed by atoms with Crippen LogP contribution < -0.4 is 5.32 Å². The number of carbonyl (C=O) groups excluding carboxylic acids is 1. The van der Waals surface area contributed by atoms with Crippen molar-refractivity contribution in [1.29, 1.82) is 0 Å². The number of rotatable bonds is 4. The third-order valence-corrected chi connectivity index (χ3v) is 4.10. The largest absolute Gasteiger partial charge is 0.480 e. The Hall–Kier alpha value is -1.52. The minimum absolute atomic E-state index is 0.0900. The molecule has 2 saturated carbocycles. The molecule has 0 unspecified atom stereocenters. The van der Waals surface area contributed by atoms with Crippen molar-refractivity contribution in [2.45, 2.75) is 44.1 Å². The Morgan fingerprint density at radius 2 is 1.94 bits per heavy atom. The summed E-state index contributed by atoms with van der Waals surface area (Å²) in [6, 6.07) is 0. The molecule has 1 amide bonds. The number of amides is 1. The van der Waals surface area contributed by atoms with Gasteiger partial charge in [0.25, 0.3) is 0 Å². The normalized spacial score (nSPS) is 23.1. The maximum Gasteiger partial charge on any atom is 0.408 e. The zero-order chi connectivity index (χ0) is 13.2. The van der Waals surface area contributed by atoms with Crippen LogP contribution in [0.25, 0.3) is 0 Å². The predicted octanol–water partition coefficient (Wildman–Crippen LogP) is 2.08. The third kappa shape index (κ3) is 2.21. The van der Waals surface area contributed by atoms with E-state index in [1.54, 1.807) is 0 Å². The standard InChI is InChI=1S/C13H19NO4/c1-2-7-18-11(17)14-13(10(15)16)8-12(9-13)5-3-4-6-12/h2H,1,3-9H2,(H,14,17)(H,15,16). The van der Waals surface area contributed by atoms with E-state index in [4.69, 9.17) is 4.74 Å². The van der Waals surface area contributed by atoms with Gasteiger partial charge in [-0.15, -0.1) is 0 Å². The Morgan fingerprint density at radius 1 is 1.33 bits per heavy atom. The van der Waals surface area contributed by atoms with Crippen LogP contribution in [-0.2, 0) is 9.53 Å². The van der Waals surface area contributed by atoms with Crippen LogP contribution in [0, 0.1) is 5.41 Å². The van der Waals surface area contributed by atoms with Gasteiger partial charge in [0, 0.05) is 0 Å². The fourth-order valence-corrected chi connectivity index (χ4v) is 3.37. The molecular weight excluding hydrogens is 234 g/mol. The summed E-state index contributed by atoms with van der Waals surface area (Å²) < 4.78 is 4.79. The fourth-order valence-electron chi connectivity index (χ4n) is 3.37. The first kappa shape index (κ1) is 12.9. The van der Waals surface area contributed by atoms with Gasteiger partial charge in [-0.05, 0) is 31.1 Å². The summed E-state index contributed by atoms with van der Waals surface area (Å²) in [5.74, 6) is -0.962. The molecule has 0 aromatic rings. The molecule has 100 valence electrons. The molecule has 0 aromatic carbocycles. The van der Waals surface area contributed by atoms with Gasteiger partial charge < -0.3 is 15.2 Å². The van der Waals surface area contributed by atoms with E-state index >= 15 is 0 Å². The molecule has 0 heterocycles. The molecule has 2 aliphatic rings. The second kappa shape index (κ2) is 4.63. The van der Waals surface area contributed by atoms with Crippen molar-refractivity contribution in [2.24, 2.45) is 5.41 Å². The number of ether oxygens (including phenoxy) is 1. The Morgan fingerprint density at radius 3 is 2.44 bits per heavy atom. The van der Waals surface area contributed by atoms with Crippen LogP contribution >= 0.6 is 0 Å². The van der Waals surface area contributed by atoms with Crippen LogP contribution in [0.3, 0.4) is 0 Å². The van der Waals surface area contributed by atoms with Gasteiger partial charge in [0.05, 0.1) is 0 Å². The number of nitrogens with one attached hydrogen (secondary N) is 1. The number of alkyl carbamates (subject to hydrolysis) is 1. The monoisotopic (exact) mass is 253 g/mol. The Bertz CT molecular complexity index is 363. The van der Waals surface area contributed by atoms with E-state index in [9.17, 15) is 14.7 Å². The molecule has 2 rings (SSSR count). The van der Waals surface area contributed by atoms with Crippen molar-refractivity contribution < 1.29 is 19.4 Å². The lowest BCUT2D eigenvalue weighted by Crippen LogP contribution is -2.66. The fraction of sp³-hybridized carbons (Fsp3) is 0.692. The average Bonchev–Trinajstić information content (AvgIpc) is 2.74. The lowest BCUT2D eigenvalue weighted by Gasteiger charge is -2.52. The van der Waals surface area contributed by atoms with E-state index < -0.39 is 17.6 Å². The molecular formula is C13H19NO4. The van der Waals surface area contributed by atoms with Gasteiger partial charge in [-0.25, -0.2) is 9.59 Å². The minimum atomic E-state index is -1.12. The molecule has 2 fully saturated rings. The van der Waals surface area contributed by atoms with E-state index in [0.717, 1.165) is 25.7 Å². The van der Waals surface area contributed by atoms with E-state index in [-0.39, 0.29) is 12.0 Å². The Balaban J connectivity index is 1.96. The number of hydrogen-bond donors (Lipinski definition) is 2. The molecule has 2 aliphatic carbocycles. The lowest BCUT2D eigenvalue weighted by atomic mass is 9.56. The zero-order valence-corrected chi connectivity index (χ0v) is 10.4. The van der Waals surface area contributed by atoms with Crippen LogP contribution in [0.1, 0.15) is 38.5 Å². The SMILES string of the molecule is C=CCOC(=O)NC1(C(=O)O)CC2(CCCC2)C1. The summed E-state index contributed by atoms with van der Waals surface area (Å²) in [5, 5.41) is 11.8. The molecule has 0 bridgehead atoms. The van der Waals surface area contributed by atoms with E-state index in [1.165, 1.54) is 6.08 Å². The van der Waals surface area contributed by atoms with E-state index in [0.29, 0.717) is 12.8 Å². The molecule has 0 saturated heterocycles. The minimum Gasteiger partial charge on any atom is -0.480 e. The van der Waals surface area contributed by atoms with Gasteiger partial charge in [-0.1, -0.05) is 25.5 Å². The van der Waals surface area contributed by atoms with Gasteiger partial charge >= 0.3 is 12.1 Å². The van der Waals surface area contributed by atoms with E-state index in [1.807, 2.05) is 0 Å². The highest BCUT2D eigenvalue weighted by atomic mass is 16.5. The summed E-state index contributed by atoms with van der Waals surface area (Å²) >= 11 is 0. The molecule has 0 aliphatic heterocycles. The van der Waals surface area contributed by atoms with Crippen LogP contribution in [0.5, 0.6) is 0 Å². The summed E-state index contributed by atoms with van der Waals surface area (Å²) in [4.78, 5) is 22.8. The maximum absolute atomic E-state index is 11.5. The van der Waals surface area contributed by atoms with Crippen molar-refractivity contribution in [3.8, 4) is 0 Å². The van der Waals surface area contributed by atoms with Crippen molar-refractivity contribution in [2.75, 3.05) is 6.61 Å². The molecule has 0 aromatic heterocycles. The summed E-state index contributed by atoms with van der Waals surface area (Å²) in [6.07, 6.45) is 6.30. The number of carboxylic acid groups (broad SMARTS) is 1. The number of aliphatic carboxylic acids is 1. The third-order valence-electron chi connectivity index (χ3n) is 4.10. The van der Waals surface area contributed by atoms with Crippen LogP contribution in [0.4, 0.5) is 4.79 Å². The van der Waals surface area contributed by atoms with E-state index in [2.05, 4.69) is 11.9 Å². The zero-order valence-electron chi connectivity index (χ0n) is 10.4. The molecule has 5 nitrogen and oxygen atoms in total. The van der Waals surface area contributed by atoms with Gasteiger partial charge in [0.2, 0.25) is 0 Å². The molecule has 1 spiro atoms. The van der Waals surface area contributed by atoms with Crippen LogP contribution in [-0.4, -0.2) is 29.3 Å². The highest BCUT2D eigenvalue weighted by molar-refractivity contribution is 5.86. The first-order valence-electron chi connectivity index (χ1n) is 6.31. The van der Waals surface area contributed by atoms with Gasteiger partial charge in [-0.2, -0.15) is 0 Å². The smallest absolute Gasteiger partial charge is 0.408 e. The lowest BCUT2D eigenvalue weighted by molar-refractivity contribution is -0.156. The Labute approximate surface area is 106 Å². The number of carboxylic acids is 1. The molecule has 5 heteroatoms. The van der Waals surface area contributed by atoms with Gasteiger partial charge in [0.1, 0.15) is 12.1 Å². The van der Waals surface area contributed by atoms with Crippen LogP contribution in [0.2, 0.25) is 0 Å². The van der Waals surface area contributed by atoms with Crippen molar-refractivity contribution >= 4 is 12.1 Å². The molecule has 0 radical (unpaired) electrons. The summed E-state index contributed by atoms with van der Waals surface area (Å²) in [7, 11) is 0. The predicted molar refractivity (Wildman–Crippen MR) is 65.2 cm³/mol. The first-order valence-corrected chi connectivity index (χ1v) is 6.31. The molecule has 18 heavy (non-hydrogen) atoms. The first-order chi connectivity index (χ1) is 8.52. The maximum atomic E-state index is 11.5. The number of hydrogen-bond acceptors (Lipinski definition) is 3. The van der Waals surface area contributed by atoms with Crippen molar-refractivity contribution in [3.63, 3.8) is 0 Å². The quantitative estimate of drug-likeness (QED) is 0.752. The summed E-state index contributed by atoms with van der Waals surface area (Å²) in [5.41, 5.74) is -0.979. The van der Waals surface area contributed by atoms with Gasteiger partial charge in [0.15, 0.2) is 0 Å². The van der Waals surface area contributed by atoms with Crippen LogP contribution in [0.15, 0.2) is 12.7 Å².